The van der Waals surface area contributed by atoms with Crippen molar-refractivity contribution < 1.29 is 4.79 Å². The molecule has 1 saturated carbocycles. The second-order valence-electron chi connectivity index (χ2n) is 6.13. The zero-order valence-electron chi connectivity index (χ0n) is 11.9. The maximum absolute atomic E-state index is 12.3. The highest BCUT2D eigenvalue weighted by atomic mass is 35.5. The van der Waals surface area contributed by atoms with Gasteiger partial charge in [-0.3, -0.25) is 4.79 Å². The summed E-state index contributed by atoms with van der Waals surface area (Å²) < 4.78 is 0. The van der Waals surface area contributed by atoms with E-state index in [2.05, 4.69) is 13.8 Å². The van der Waals surface area contributed by atoms with Crippen molar-refractivity contribution in [2.24, 2.45) is 17.8 Å². The van der Waals surface area contributed by atoms with E-state index in [-0.39, 0.29) is 5.92 Å². The van der Waals surface area contributed by atoms with Gasteiger partial charge in [-0.25, -0.2) is 0 Å². The normalized spacial score (nSPS) is 23.6. The van der Waals surface area contributed by atoms with Gasteiger partial charge in [-0.1, -0.05) is 37.6 Å². The first-order valence-corrected chi connectivity index (χ1v) is 7.71. The van der Waals surface area contributed by atoms with Gasteiger partial charge in [0, 0.05) is 17.4 Å². The Morgan fingerprint density at radius 2 is 1.74 bits per heavy atom. The van der Waals surface area contributed by atoms with Crippen molar-refractivity contribution in [3.05, 3.63) is 34.9 Å². The fourth-order valence-corrected chi connectivity index (χ4v) is 3.18. The van der Waals surface area contributed by atoms with Crippen molar-refractivity contribution in [2.75, 3.05) is 0 Å². The summed E-state index contributed by atoms with van der Waals surface area (Å²) in [5.74, 6) is 2.27. The van der Waals surface area contributed by atoms with Gasteiger partial charge in [0.05, 0.1) is 0 Å². The van der Waals surface area contributed by atoms with Crippen molar-refractivity contribution >= 4 is 17.4 Å². The van der Waals surface area contributed by atoms with Gasteiger partial charge in [0.25, 0.3) is 0 Å². The molecule has 104 valence electrons. The van der Waals surface area contributed by atoms with Crippen molar-refractivity contribution in [2.45, 2.75) is 46.0 Å². The average molecular weight is 279 g/mol. The zero-order valence-corrected chi connectivity index (χ0v) is 12.6. The van der Waals surface area contributed by atoms with Crippen LogP contribution in [0, 0.1) is 17.8 Å². The van der Waals surface area contributed by atoms with Crippen molar-refractivity contribution in [3.63, 3.8) is 0 Å². The summed E-state index contributed by atoms with van der Waals surface area (Å²) in [6.07, 6.45) is 5.15. The smallest absolute Gasteiger partial charge is 0.140 e. The van der Waals surface area contributed by atoms with Crippen LogP contribution in [0.5, 0.6) is 0 Å². The van der Waals surface area contributed by atoms with Gasteiger partial charge >= 0.3 is 0 Å². The van der Waals surface area contributed by atoms with Gasteiger partial charge < -0.3 is 0 Å². The van der Waals surface area contributed by atoms with E-state index in [1.165, 1.54) is 12.8 Å². The van der Waals surface area contributed by atoms with Crippen LogP contribution in [0.3, 0.4) is 0 Å². The fraction of sp³-hybridized carbons (Fsp3) is 0.588. The number of Topliss-reactive ketones (excluding diaryl/α,β-unsaturated/α-hetero) is 1. The molecule has 0 bridgehead atoms. The number of hydrogen-bond donors (Lipinski definition) is 0. The molecule has 0 heterocycles. The van der Waals surface area contributed by atoms with Crippen LogP contribution in [-0.4, -0.2) is 5.78 Å². The third-order valence-electron chi connectivity index (χ3n) is 4.46. The molecule has 1 fully saturated rings. The molecule has 2 heteroatoms. The summed E-state index contributed by atoms with van der Waals surface area (Å²) in [6.45, 7) is 4.58. The van der Waals surface area contributed by atoms with E-state index in [4.69, 9.17) is 11.6 Å². The number of carbonyl (C=O) groups excluding carboxylic acids is 1. The third kappa shape index (κ3) is 4.07. The number of hydrogen-bond acceptors (Lipinski definition) is 1. The summed E-state index contributed by atoms with van der Waals surface area (Å²) in [5, 5.41) is 0.730. The topological polar surface area (TPSA) is 17.1 Å². The first-order valence-electron chi connectivity index (χ1n) is 7.33. The first-order chi connectivity index (χ1) is 9.06. The lowest BCUT2D eigenvalue weighted by molar-refractivity contribution is -0.123. The lowest BCUT2D eigenvalue weighted by Crippen LogP contribution is -2.25. The fourth-order valence-electron chi connectivity index (χ4n) is 3.06. The molecule has 0 radical (unpaired) electrons. The molecule has 0 unspecified atom stereocenters. The summed E-state index contributed by atoms with van der Waals surface area (Å²) in [6, 6.07) is 7.64. The SMILES string of the molecule is CC(C)C1CCC(C(=O)Cc2ccc(Cl)cc2)CC1. The molecule has 0 aliphatic heterocycles. The quantitative estimate of drug-likeness (QED) is 0.764. The van der Waals surface area contributed by atoms with Crippen LogP contribution in [0.4, 0.5) is 0 Å². The number of ketones is 1. The van der Waals surface area contributed by atoms with Gasteiger partial charge in [-0.15, -0.1) is 0 Å². The predicted octanol–water partition coefficient (Wildman–Crippen LogP) is 4.91. The van der Waals surface area contributed by atoms with Gasteiger partial charge in [-0.2, -0.15) is 0 Å². The molecule has 19 heavy (non-hydrogen) atoms. The molecule has 0 spiro atoms. The highest BCUT2D eigenvalue weighted by Crippen LogP contribution is 2.34. The van der Waals surface area contributed by atoms with E-state index in [0.717, 1.165) is 35.3 Å². The predicted molar refractivity (Wildman–Crippen MR) is 80.4 cm³/mol. The molecule has 0 saturated heterocycles. The largest absolute Gasteiger partial charge is 0.299 e. The van der Waals surface area contributed by atoms with Gasteiger partial charge in [0.2, 0.25) is 0 Å². The number of halogens is 1. The zero-order chi connectivity index (χ0) is 13.8. The monoisotopic (exact) mass is 278 g/mol. The Hall–Kier alpha value is -0.820. The molecular formula is C17H23ClO. The first kappa shape index (κ1) is 14.6. The van der Waals surface area contributed by atoms with E-state index < -0.39 is 0 Å². The van der Waals surface area contributed by atoms with Crippen LogP contribution >= 0.6 is 11.6 Å². The molecule has 1 aliphatic carbocycles. The standard InChI is InChI=1S/C17H23ClO/c1-12(2)14-5-7-15(8-6-14)17(19)11-13-3-9-16(18)10-4-13/h3-4,9-10,12,14-15H,5-8,11H2,1-2H3. The summed E-state index contributed by atoms with van der Waals surface area (Å²) >= 11 is 5.86. The second-order valence-corrected chi connectivity index (χ2v) is 6.56. The van der Waals surface area contributed by atoms with Gasteiger partial charge in [0.15, 0.2) is 0 Å². The molecule has 0 aromatic heterocycles. The molecule has 0 atom stereocenters. The summed E-state index contributed by atoms with van der Waals surface area (Å²) in [7, 11) is 0. The Morgan fingerprint density at radius 3 is 2.26 bits per heavy atom. The minimum Gasteiger partial charge on any atom is -0.299 e. The van der Waals surface area contributed by atoms with Crippen LogP contribution in [0.25, 0.3) is 0 Å². The van der Waals surface area contributed by atoms with Crippen molar-refractivity contribution in [1.29, 1.82) is 0 Å². The highest BCUT2D eigenvalue weighted by molar-refractivity contribution is 6.30. The van der Waals surface area contributed by atoms with E-state index >= 15 is 0 Å². The molecule has 0 N–H and O–H groups in total. The summed E-state index contributed by atoms with van der Waals surface area (Å²) in [5.41, 5.74) is 1.08. The molecule has 1 nitrogen and oxygen atoms in total. The van der Waals surface area contributed by atoms with Crippen molar-refractivity contribution in [3.8, 4) is 0 Å². The van der Waals surface area contributed by atoms with Crippen LogP contribution in [-0.2, 0) is 11.2 Å². The van der Waals surface area contributed by atoms with E-state index in [9.17, 15) is 4.79 Å². The van der Waals surface area contributed by atoms with E-state index in [0.29, 0.717) is 12.2 Å². The molecule has 1 aliphatic rings. The van der Waals surface area contributed by atoms with Crippen LogP contribution < -0.4 is 0 Å². The van der Waals surface area contributed by atoms with Crippen LogP contribution in [0.1, 0.15) is 45.1 Å². The highest BCUT2D eigenvalue weighted by Gasteiger charge is 2.27. The van der Waals surface area contributed by atoms with Gasteiger partial charge in [0.1, 0.15) is 5.78 Å². The molecular weight excluding hydrogens is 256 g/mol. The third-order valence-corrected chi connectivity index (χ3v) is 4.71. The Kier molecular flexibility index (Phi) is 5.04. The number of carbonyl (C=O) groups is 1. The number of benzene rings is 1. The molecule has 2 rings (SSSR count). The maximum Gasteiger partial charge on any atom is 0.140 e. The number of rotatable bonds is 4. The van der Waals surface area contributed by atoms with Crippen molar-refractivity contribution in [1.82, 2.24) is 0 Å². The summed E-state index contributed by atoms with van der Waals surface area (Å²) in [4.78, 5) is 12.3. The minimum atomic E-state index is 0.283. The van der Waals surface area contributed by atoms with Crippen LogP contribution in [0.2, 0.25) is 5.02 Å². The lowest BCUT2D eigenvalue weighted by atomic mass is 9.75. The second kappa shape index (κ2) is 6.56. The molecule has 0 amide bonds. The Labute approximate surface area is 121 Å². The molecule has 1 aromatic carbocycles. The average Bonchev–Trinajstić information content (AvgIpc) is 2.41. The molecule has 1 aromatic rings. The van der Waals surface area contributed by atoms with E-state index in [1.807, 2.05) is 24.3 Å². The minimum absolute atomic E-state index is 0.283. The lowest BCUT2D eigenvalue weighted by Gasteiger charge is -2.30. The Balaban J connectivity index is 1.86. The Bertz CT molecular complexity index is 413. The maximum atomic E-state index is 12.3. The van der Waals surface area contributed by atoms with Crippen LogP contribution in [0.15, 0.2) is 24.3 Å². The Morgan fingerprint density at radius 1 is 1.16 bits per heavy atom. The van der Waals surface area contributed by atoms with Gasteiger partial charge in [-0.05, 0) is 55.2 Å². The van der Waals surface area contributed by atoms with E-state index in [1.54, 1.807) is 0 Å².